The van der Waals surface area contributed by atoms with Crippen molar-refractivity contribution in [3.63, 3.8) is 0 Å². The monoisotopic (exact) mass is 398 g/mol. The molecule has 0 aromatic heterocycles. The fourth-order valence-electron chi connectivity index (χ4n) is 6.03. The van der Waals surface area contributed by atoms with Gasteiger partial charge < -0.3 is 0 Å². The van der Waals surface area contributed by atoms with E-state index in [2.05, 4.69) is 45.0 Å². The Balaban J connectivity index is 1.40. The molecule has 1 aliphatic heterocycles. The van der Waals surface area contributed by atoms with Crippen LogP contribution in [-0.4, -0.2) is 8.80 Å². The van der Waals surface area contributed by atoms with Gasteiger partial charge >= 0.3 is 0 Å². The van der Waals surface area contributed by atoms with Gasteiger partial charge in [0.2, 0.25) is 0 Å². The molecule has 1 aliphatic carbocycles. The van der Waals surface area contributed by atoms with Gasteiger partial charge in [-0.15, -0.1) is 0 Å². The van der Waals surface area contributed by atoms with Crippen molar-refractivity contribution in [2.45, 2.75) is 115 Å². The third-order valence-electron chi connectivity index (χ3n) is 8.28. The predicted molar refractivity (Wildman–Crippen MR) is 128 cm³/mol. The van der Waals surface area contributed by atoms with Crippen molar-refractivity contribution < 1.29 is 0 Å². The van der Waals surface area contributed by atoms with Crippen molar-refractivity contribution >= 4 is 8.80 Å². The largest absolute Gasteiger partial charge is 0.0654 e. The van der Waals surface area contributed by atoms with Gasteiger partial charge in [-0.2, -0.15) is 0 Å². The van der Waals surface area contributed by atoms with Gasteiger partial charge in [0.1, 0.15) is 0 Å². The molecule has 0 radical (unpaired) electrons. The van der Waals surface area contributed by atoms with Gasteiger partial charge in [0.05, 0.1) is 0 Å². The summed E-state index contributed by atoms with van der Waals surface area (Å²) in [5.41, 5.74) is 3.16. The van der Waals surface area contributed by atoms with E-state index in [4.69, 9.17) is 0 Å². The van der Waals surface area contributed by atoms with Gasteiger partial charge in [0.15, 0.2) is 0 Å². The van der Waals surface area contributed by atoms with Gasteiger partial charge in [-0.1, -0.05) is 102 Å². The lowest BCUT2D eigenvalue weighted by molar-refractivity contribution is 0.216. The fourth-order valence-corrected chi connectivity index (χ4v) is 9.56. The Bertz CT molecular complexity index is 532. The highest BCUT2D eigenvalue weighted by Crippen LogP contribution is 2.43. The Hall–Kier alpha value is -0.563. The molecule has 0 N–H and O–H groups in total. The topological polar surface area (TPSA) is 0 Å². The van der Waals surface area contributed by atoms with Crippen LogP contribution in [0.1, 0.15) is 102 Å². The van der Waals surface area contributed by atoms with E-state index < -0.39 is 0 Å². The van der Waals surface area contributed by atoms with Gasteiger partial charge in [0, 0.05) is 8.80 Å². The molecular formula is C27H46Si. The van der Waals surface area contributed by atoms with E-state index in [0.717, 1.165) is 23.7 Å². The molecule has 158 valence electrons. The molecule has 1 aromatic rings. The Morgan fingerprint density at radius 1 is 0.857 bits per heavy atom. The van der Waals surface area contributed by atoms with E-state index in [-0.39, 0.29) is 8.80 Å². The first kappa shape index (κ1) is 22.1. The molecule has 1 saturated heterocycles. The molecule has 1 heteroatoms. The molecule has 2 aliphatic rings. The summed E-state index contributed by atoms with van der Waals surface area (Å²) in [7, 11) is -0.330. The van der Waals surface area contributed by atoms with Crippen LogP contribution < -0.4 is 0 Å². The van der Waals surface area contributed by atoms with Crippen LogP contribution in [0.25, 0.3) is 0 Å². The number of unbranched alkanes of at least 4 members (excludes halogenated alkanes) is 2. The summed E-state index contributed by atoms with van der Waals surface area (Å²) in [5.74, 6) is 3.81. The lowest BCUT2D eigenvalue weighted by Gasteiger charge is -2.37. The second-order valence-electron chi connectivity index (χ2n) is 10.3. The third kappa shape index (κ3) is 6.47. The van der Waals surface area contributed by atoms with Crippen LogP contribution in [0.5, 0.6) is 0 Å². The Kier molecular flexibility index (Phi) is 9.15. The third-order valence-corrected chi connectivity index (χ3v) is 11.8. The van der Waals surface area contributed by atoms with Gasteiger partial charge in [0.25, 0.3) is 0 Å². The lowest BCUT2D eigenvalue weighted by atomic mass is 9.72. The summed E-state index contributed by atoms with van der Waals surface area (Å²) in [6, 6.07) is 14.7. The van der Waals surface area contributed by atoms with Crippen LogP contribution in [0.4, 0.5) is 0 Å². The zero-order valence-electron chi connectivity index (χ0n) is 19.1. The summed E-state index contributed by atoms with van der Waals surface area (Å²) >= 11 is 0. The highest BCUT2D eigenvalue weighted by Gasteiger charge is 2.31. The van der Waals surface area contributed by atoms with Crippen molar-refractivity contribution in [3.8, 4) is 0 Å². The molecule has 0 spiro atoms. The van der Waals surface area contributed by atoms with Crippen LogP contribution in [0.2, 0.25) is 18.1 Å². The van der Waals surface area contributed by atoms with E-state index in [0.29, 0.717) is 0 Å². The normalized spacial score (nSPS) is 29.5. The Labute approximate surface area is 177 Å². The number of benzene rings is 1. The van der Waals surface area contributed by atoms with Gasteiger partial charge in [-0.05, 0) is 66.9 Å². The van der Waals surface area contributed by atoms with Gasteiger partial charge in [-0.3, -0.25) is 0 Å². The first-order valence-electron chi connectivity index (χ1n) is 12.8. The number of rotatable bonds is 9. The van der Waals surface area contributed by atoms with Crippen LogP contribution in [0.15, 0.2) is 24.3 Å². The maximum absolute atomic E-state index is 2.45. The molecule has 1 unspecified atom stereocenters. The Morgan fingerprint density at radius 2 is 1.50 bits per heavy atom. The second kappa shape index (κ2) is 11.6. The molecule has 1 aromatic carbocycles. The minimum Gasteiger partial charge on any atom is -0.0654 e. The van der Waals surface area contributed by atoms with Crippen molar-refractivity contribution in [3.05, 3.63) is 35.4 Å². The summed E-state index contributed by atoms with van der Waals surface area (Å²) in [4.78, 5) is 0. The van der Waals surface area contributed by atoms with E-state index in [9.17, 15) is 0 Å². The molecule has 0 nitrogen and oxygen atoms in total. The summed E-state index contributed by atoms with van der Waals surface area (Å²) in [6.45, 7) is 7.02. The van der Waals surface area contributed by atoms with Crippen LogP contribution in [-0.2, 0) is 6.42 Å². The first-order chi connectivity index (χ1) is 13.7. The molecule has 28 heavy (non-hydrogen) atoms. The second-order valence-corrected chi connectivity index (χ2v) is 13.8. The molecule has 0 bridgehead atoms. The average Bonchev–Trinajstić information content (AvgIpc) is 2.75. The maximum atomic E-state index is 2.45. The lowest BCUT2D eigenvalue weighted by Crippen LogP contribution is -2.28. The molecule has 2 fully saturated rings. The summed E-state index contributed by atoms with van der Waals surface area (Å²) in [6.07, 6.45) is 16.1. The van der Waals surface area contributed by atoms with Crippen LogP contribution >= 0.6 is 0 Å². The van der Waals surface area contributed by atoms with Crippen LogP contribution in [0, 0.1) is 17.8 Å². The van der Waals surface area contributed by atoms with E-state index in [1.54, 1.807) is 43.0 Å². The smallest absolute Gasteiger partial charge is 0.0368 e. The van der Waals surface area contributed by atoms with Crippen molar-refractivity contribution in [2.75, 3.05) is 0 Å². The highest BCUT2D eigenvalue weighted by molar-refractivity contribution is 6.58. The van der Waals surface area contributed by atoms with E-state index in [1.807, 2.05) is 0 Å². The van der Waals surface area contributed by atoms with Crippen molar-refractivity contribution in [1.82, 2.24) is 0 Å². The standard InChI is InChI=1S/C27H46Si/c1-4-6-7-18-28-19-16-27(17-20-28)26-14-12-25(13-15-26)24-10-8-23(9-11-24)21-22(3)5-2/h8-11,22,25-28H,4-7,12-21H2,1-3H3. The zero-order valence-corrected chi connectivity index (χ0v) is 20.3. The minimum atomic E-state index is -0.330. The quantitative estimate of drug-likeness (QED) is 0.289. The van der Waals surface area contributed by atoms with Crippen molar-refractivity contribution in [2.24, 2.45) is 17.8 Å². The Morgan fingerprint density at radius 3 is 2.11 bits per heavy atom. The number of hydrogen-bond acceptors (Lipinski definition) is 0. The summed E-state index contributed by atoms with van der Waals surface area (Å²) in [5, 5.41) is 0. The molecule has 1 saturated carbocycles. The first-order valence-corrected chi connectivity index (χ1v) is 15.2. The molecule has 1 atom stereocenters. The maximum Gasteiger partial charge on any atom is 0.0368 e. The molecular weight excluding hydrogens is 352 g/mol. The van der Waals surface area contributed by atoms with Crippen LogP contribution in [0.3, 0.4) is 0 Å². The minimum absolute atomic E-state index is 0.330. The van der Waals surface area contributed by atoms with E-state index in [1.165, 1.54) is 56.9 Å². The van der Waals surface area contributed by atoms with Crippen molar-refractivity contribution in [1.29, 1.82) is 0 Å². The predicted octanol–water partition coefficient (Wildman–Crippen LogP) is 8.38. The highest BCUT2D eigenvalue weighted by atomic mass is 28.3. The molecule has 3 rings (SSSR count). The molecule has 1 heterocycles. The zero-order chi connectivity index (χ0) is 19.8. The summed E-state index contributed by atoms with van der Waals surface area (Å²) < 4.78 is 0. The average molecular weight is 399 g/mol. The molecule has 0 amide bonds. The fraction of sp³-hybridized carbons (Fsp3) is 0.778. The number of hydrogen-bond donors (Lipinski definition) is 0. The van der Waals surface area contributed by atoms with Gasteiger partial charge in [-0.25, -0.2) is 0 Å². The van der Waals surface area contributed by atoms with E-state index >= 15 is 0 Å². The SMILES string of the molecule is CCCCC[SiH]1CCC(C2CCC(c3ccc(CC(C)CC)cc3)CC2)CC1.